The van der Waals surface area contributed by atoms with Crippen molar-refractivity contribution in [1.82, 2.24) is 15.0 Å². The Labute approximate surface area is 148 Å². The van der Waals surface area contributed by atoms with Gasteiger partial charge in [-0.05, 0) is 24.5 Å². The first-order chi connectivity index (χ1) is 12.0. The zero-order chi connectivity index (χ0) is 17.9. The topological polar surface area (TPSA) is 107 Å². The Kier molecular flexibility index (Phi) is 4.81. The van der Waals surface area contributed by atoms with E-state index in [2.05, 4.69) is 31.7 Å². The van der Waals surface area contributed by atoms with E-state index in [1.54, 1.807) is 6.20 Å². The van der Waals surface area contributed by atoms with Crippen molar-refractivity contribution in [3.8, 4) is 6.07 Å². The van der Waals surface area contributed by atoms with E-state index in [0.29, 0.717) is 30.3 Å². The molecule has 7 nitrogen and oxygen atoms in total. The summed E-state index contributed by atoms with van der Waals surface area (Å²) in [6.07, 6.45) is 6.21. The summed E-state index contributed by atoms with van der Waals surface area (Å²) in [5.41, 5.74) is 1.29. The van der Waals surface area contributed by atoms with Gasteiger partial charge in [0.2, 0.25) is 5.95 Å². The molecule has 1 aliphatic carbocycles. The molecular weight excluding hydrogens is 316 g/mol. The van der Waals surface area contributed by atoms with Gasteiger partial charge in [-0.1, -0.05) is 19.9 Å². The van der Waals surface area contributed by atoms with Crippen LogP contribution in [0.3, 0.4) is 0 Å². The van der Waals surface area contributed by atoms with Crippen molar-refractivity contribution >= 4 is 11.8 Å². The summed E-state index contributed by atoms with van der Waals surface area (Å²) in [6, 6.07) is 6.11. The molecule has 1 aliphatic rings. The standard InChI is InChI=1S/C18H22N6O.H2/c1-18(2)14(8-15(18)25)23-16-13(9-19)11-22-17(24-16)21-7-5-12-4-3-6-20-10-12;/h3-4,6,10-11,14-15,25H,5,7-8H2,1-2H3,(H2,21,22,23,24);1H/t14-,15+;/m1./s1. The Morgan fingerprint density at radius 1 is 1.44 bits per heavy atom. The molecule has 0 saturated heterocycles. The summed E-state index contributed by atoms with van der Waals surface area (Å²) in [5, 5.41) is 25.6. The molecule has 1 saturated carbocycles. The highest BCUT2D eigenvalue weighted by atomic mass is 16.3. The second-order valence-corrected chi connectivity index (χ2v) is 6.88. The van der Waals surface area contributed by atoms with Crippen LogP contribution >= 0.6 is 0 Å². The third-order valence-electron chi connectivity index (χ3n) is 4.86. The molecule has 0 aromatic carbocycles. The van der Waals surface area contributed by atoms with Crippen LogP contribution in [0.1, 0.15) is 32.8 Å². The molecule has 0 amide bonds. The summed E-state index contributed by atoms with van der Waals surface area (Å²) < 4.78 is 0. The van der Waals surface area contributed by atoms with E-state index in [-0.39, 0.29) is 19.0 Å². The monoisotopic (exact) mass is 340 g/mol. The van der Waals surface area contributed by atoms with Crippen molar-refractivity contribution in [1.29, 1.82) is 5.26 Å². The van der Waals surface area contributed by atoms with Crippen LogP contribution in [-0.2, 0) is 6.42 Å². The molecule has 2 aromatic rings. The second-order valence-electron chi connectivity index (χ2n) is 6.88. The first-order valence-electron chi connectivity index (χ1n) is 8.35. The number of rotatable bonds is 6. The number of hydrogen-bond donors (Lipinski definition) is 3. The van der Waals surface area contributed by atoms with Crippen molar-refractivity contribution in [2.24, 2.45) is 5.41 Å². The van der Waals surface area contributed by atoms with Crippen LogP contribution < -0.4 is 10.6 Å². The van der Waals surface area contributed by atoms with Crippen LogP contribution in [0.2, 0.25) is 0 Å². The highest BCUT2D eigenvalue weighted by molar-refractivity contribution is 5.54. The van der Waals surface area contributed by atoms with Gasteiger partial charge >= 0.3 is 0 Å². The van der Waals surface area contributed by atoms with E-state index in [1.165, 1.54) is 6.20 Å². The van der Waals surface area contributed by atoms with Gasteiger partial charge in [-0.3, -0.25) is 4.98 Å². The first kappa shape index (κ1) is 17.1. The molecule has 7 heteroatoms. The van der Waals surface area contributed by atoms with Crippen LogP contribution in [0.4, 0.5) is 11.8 Å². The number of hydrogen-bond acceptors (Lipinski definition) is 7. The van der Waals surface area contributed by atoms with Gasteiger partial charge in [0.05, 0.1) is 12.3 Å². The molecule has 2 atom stereocenters. The highest BCUT2D eigenvalue weighted by Gasteiger charge is 2.47. The summed E-state index contributed by atoms with van der Waals surface area (Å²) in [4.78, 5) is 12.7. The minimum absolute atomic E-state index is 0. The molecule has 2 heterocycles. The fourth-order valence-electron chi connectivity index (χ4n) is 2.84. The van der Waals surface area contributed by atoms with E-state index >= 15 is 0 Å². The van der Waals surface area contributed by atoms with Gasteiger partial charge in [-0.2, -0.15) is 10.2 Å². The lowest BCUT2D eigenvalue weighted by molar-refractivity contribution is -0.0511. The van der Waals surface area contributed by atoms with Gasteiger partial charge < -0.3 is 15.7 Å². The van der Waals surface area contributed by atoms with Gasteiger partial charge in [0.25, 0.3) is 0 Å². The predicted octanol–water partition coefficient (Wildman–Crippen LogP) is 2.22. The third kappa shape index (κ3) is 3.69. The normalized spacial score (nSPS) is 21.0. The van der Waals surface area contributed by atoms with Gasteiger partial charge in [-0.15, -0.1) is 0 Å². The molecule has 3 N–H and O–H groups in total. The molecule has 25 heavy (non-hydrogen) atoms. The third-order valence-corrected chi connectivity index (χ3v) is 4.86. The van der Waals surface area contributed by atoms with Crippen LogP contribution in [-0.4, -0.2) is 38.7 Å². The Balaban J connectivity index is 0.00000243. The van der Waals surface area contributed by atoms with Crippen molar-refractivity contribution in [2.45, 2.75) is 38.8 Å². The smallest absolute Gasteiger partial charge is 0.224 e. The van der Waals surface area contributed by atoms with Crippen LogP contribution in [0.5, 0.6) is 0 Å². The van der Waals surface area contributed by atoms with Gasteiger partial charge in [0.15, 0.2) is 0 Å². The van der Waals surface area contributed by atoms with Gasteiger partial charge in [0, 0.05) is 31.8 Å². The van der Waals surface area contributed by atoms with E-state index in [1.807, 2.05) is 32.2 Å². The summed E-state index contributed by atoms with van der Waals surface area (Å²) in [5.74, 6) is 0.981. The zero-order valence-corrected chi connectivity index (χ0v) is 14.4. The Bertz CT molecular complexity index is 777. The highest BCUT2D eigenvalue weighted by Crippen LogP contribution is 2.42. The van der Waals surface area contributed by atoms with E-state index in [0.717, 1.165) is 12.0 Å². The van der Waals surface area contributed by atoms with Crippen LogP contribution in [0.15, 0.2) is 30.7 Å². The van der Waals surface area contributed by atoms with E-state index in [9.17, 15) is 10.4 Å². The lowest BCUT2D eigenvalue weighted by Crippen LogP contribution is -2.57. The average molecular weight is 340 g/mol. The molecule has 0 bridgehead atoms. The number of pyridine rings is 1. The molecule has 0 radical (unpaired) electrons. The van der Waals surface area contributed by atoms with Crippen LogP contribution in [0.25, 0.3) is 0 Å². The summed E-state index contributed by atoms with van der Waals surface area (Å²) in [6.45, 7) is 4.67. The number of aliphatic hydroxyl groups is 1. The second kappa shape index (κ2) is 7.03. The van der Waals surface area contributed by atoms with Crippen molar-refractivity contribution in [3.63, 3.8) is 0 Å². The molecule has 0 aliphatic heterocycles. The average Bonchev–Trinajstić information content (AvgIpc) is 2.62. The minimum atomic E-state index is -0.338. The van der Waals surface area contributed by atoms with E-state index in [4.69, 9.17) is 0 Å². The number of aliphatic hydroxyl groups excluding tert-OH is 1. The summed E-state index contributed by atoms with van der Waals surface area (Å²) >= 11 is 0. The summed E-state index contributed by atoms with van der Waals surface area (Å²) in [7, 11) is 0. The fraction of sp³-hybridized carbons (Fsp3) is 0.444. The number of nitriles is 1. The predicted molar refractivity (Wildman–Crippen MR) is 97.1 cm³/mol. The largest absolute Gasteiger partial charge is 0.392 e. The fourth-order valence-corrected chi connectivity index (χ4v) is 2.84. The maximum Gasteiger partial charge on any atom is 0.224 e. The van der Waals surface area contributed by atoms with Crippen molar-refractivity contribution in [2.75, 3.05) is 17.2 Å². The Morgan fingerprint density at radius 3 is 2.92 bits per heavy atom. The number of nitrogens with zero attached hydrogens (tertiary/aromatic N) is 4. The molecule has 132 valence electrons. The van der Waals surface area contributed by atoms with Crippen molar-refractivity contribution in [3.05, 3.63) is 41.9 Å². The first-order valence-corrected chi connectivity index (χ1v) is 8.35. The van der Waals surface area contributed by atoms with E-state index < -0.39 is 0 Å². The zero-order valence-electron chi connectivity index (χ0n) is 14.4. The van der Waals surface area contributed by atoms with Crippen molar-refractivity contribution < 1.29 is 6.53 Å². The van der Waals surface area contributed by atoms with Crippen LogP contribution in [0, 0.1) is 16.7 Å². The molecule has 2 aromatic heterocycles. The quantitative estimate of drug-likeness (QED) is 0.740. The lowest BCUT2D eigenvalue weighted by Gasteiger charge is -2.49. The molecule has 3 rings (SSSR count). The minimum Gasteiger partial charge on any atom is -0.392 e. The Hall–Kier alpha value is -2.72. The Morgan fingerprint density at radius 2 is 2.28 bits per heavy atom. The van der Waals surface area contributed by atoms with Gasteiger partial charge in [-0.25, -0.2) is 4.98 Å². The number of anilines is 2. The lowest BCUT2D eigenvalue weighted by atomic mass is 9.64. The number of aromatic nitrogens is 3. The molecule has 1 fully saturated rings. The molecule has 0 unspecified atom stereocenters. The van der Waals surface area contributed by atoms with Gasteiger partial charge in [0.1, 0.15) is 17.5 Å². The SMILES string of the molecule is CC1(C)[C@@H](O)C[C@H]1Nc1nc(NCCc2cccnc2)ncc1C#N.[HH]. The maximum absolute atomic E-state index is 9.87. The molecule has 0 spiro atoms. The number of nitrogens with one attached hydrogen (secondary N) is 2. The maximum atomic E-state index is 9.87. The molecular formula is C18H24N6O.